The second kappa shape index (κ2) is 2.23. The molecule has 2 heterocycles. The van der Waals surface area contributed by atoms with Crippen molar-refractivity contribution in [2.24, 2.45) is 0 Å². The molecule has 0 bridgehead atoms. The number of aliphatic hydroxyl groups is 1. The highest BCUT2D eigenvalue weighted by molar-refractivity contribution is 5.41. The minimum atomic E-state index is -0.374. The molecule has 2 aliphatic carbocycles. The van der Waals surface area contributed by atoms with Crippen LogP contribution in [0.4, 0.5) is 0 Å². The highest BCUT2D eigenvalue weighted by Crippen LogP contribution is 2.56. The average molecular weight is 194 g/mol. The topological polar surface area (TPSA) is 45.3 Å². The minimum absolute atomic E-state index is 0.175. The van der Waals surface area contributed by atoms with Gasteiger partial charge in [-0.1, -0.05) is 0 Å². The zero-order chi connectivity index (χ0) is 9.34. The van der Waals surface area contributed by atoms with Gasteiger partial charge in [-0.2, -0.15) is 0 Å². The molecule has 0 saturated carbocycles. The highest BCUT2D eigenvalue weighted by Gasteiger charge is 2.71. The number of aliphatic hydroxyl groups excluding tert-OH is 1. The van der Waals surface area contributed by atoms with E-state index >= 15 is 0 Å². The van der Waals surface area contributed by atoms with Gasteiger partial charge in [-0.15, -0.1) is 0 Å². The van der Waals surface area contributed by atoms with Crippen LogP contribution >= 0.6 is 0 Å². The number of rotatable bonds is 0. The van der Waals surface area contributed by atoms with Crippen molar-refractivity contribution in [3.8, 4) is 0 Å². The summed E-state index contributed by atoms with van der Waals surface area (Å²) in [6, 6.07) is 0. The lowest BCUT2D eigenvalue weighted by molar-refractivity contribution is 0.0768. The molecule has 0 aromatic heterocycles. The number of ether oxygens (including phenoxy) is 2. The van der Waals surface area contributed by atoms with Gasteiger partial charge in [0.05, 0.1) is 6.61 Å². The first kappa shape index (κ1) is 7.85. The third-order valence-electron chi connectivity index (χ3n) is 4.14. The van der Waals surface area contributed by atoms with E-state index in [9.17, 15) is 5.11 Å². The van der Waals surface area contributed by atoms with Crippen molar-refractivity contribution < 1.29 is 14.6 Å². The molecule has 0 amide bonds. The van der Waals surface area contributed by atoms with Gasteiger partial charge in [0.15, 0.2) is 0 Å². The van der Waals surface area contributed by atoms with Crippen LogP contribution in [0.25, 0.3) is 0 Å². The number of hydrogen-bond donors (Lipinski definition) is 1. The molecule has 4 aliphatic rings. The molecule has 4 unspecified atom stereocenters. The van der Waals surface area contributed by atoms with Gasteiger partial charge in [0, 0.05) is 0 Å². The van der Waals surface area contributed by atoms with Crippen LogP contribution in [-0.2, 0) is 9.47 Å². The van der Waals surface area contributed by atoms with Crippen LogP contribution in [0.1, 0.15) is 25.7 Å². The normalized spacial score (nSPS) is 54.2. The fourth-order valence-corrected chi connectivity index (χ4v) is 3.19. The standard InChI is InChI=1S/C11H14O3/c12-9-7-4-2-1-3-6(7)8-10(14-8)11(9)5-13-11/h8-10,12H,1-5H2. The van der Waals surface area contributed by atoms with Crippen molar-refractivity contribution in [1.82, 2.24) is 0 Å². The Balaban J connectivity index is 1.81. The summed E-state index contributed by atoms with van der Waals surface area (Å²) >= 11 is 0. The molecule has 1 N–H and O–H groups in total. The van der Waals surface area contributed by atoms with E-state index < -0.39 is 0 Å². The molecular formula is C11H14O3. The molecule has 0 radical (unpaired) electrons. The van der Waals surface area contributed by atoms with Gasteiger partial charge in [-0.05, 0) is 36.8 Å². The second-order valence-corrected chi connectivity index (χ2v) is 4.88. The molecular weight excluding hydrogens is 180 g/mol. The van der Waals surface area contributed by atoms with E-state index in [4.69, 9.17) is 9.47 Å². The third kappa shape index (κ3) is 0.757. The Hall–Kier alpha value is -0.380. The van der Waals surface area contributed by atoms with Crippen molar-refractivity contribution in [3.05, 3.63) is 11.1 Å². The molecule has 2 aliphatic heterocycles. The van der Waals surface area contributed by atoms with Crippen molar-refractivity contribution in [2.75, 3.05) is 6.61 Å². The maximum Gasteiger partial charge on any atom is 0.150 e. The van der Waals surface area contributed by atoms with Crippen molar-refractivity contribution in [2.45, 2.75) is 49.6 Å². The number of epoxide rings is 2. The predicted octanol–water partition coefficient (Wildman–Crippen LogP) is 0.768. The molecule has 76 valence electrons. The Kier molecular flexibility index (Phi) is 1.25. The lowest BCUT2D eigenvalue weighted by Gasteiger charge is -2.30. The van der Waals surface area contributed by atoms with Crippen molar-refractivity contribution in [1.29, 1.82) is 0 Å². The maximum absolute atomic E-state index is 10.2. The van der Waals surface area contributed by atoms with Gasteiger partial charge < -0.3 is 14.6 Å². The predicted molar refractivity (Wildman–Crippen MR) is 48.8 cm³/mol. The summed E-state index contributed by atoms with van der Waals surface area (Å²) in [6.45, 7) is 0.687. The van der Waals surface area contributed by atoms with Crippen LogP contribution in [0.5, 0.6) is 0 Å². The Morgan fingerprint density at radius 2 is 1.93 bits per heavy atom. The molecule has 2 fully saturated rings. The minimum Gasteiger partial charge on any atom is -0.386 e. The molecule has 2 saturated heterocycles. The lowest BCUT2D eigenvalue weighted by Crippen LogP contribution is -2.42. The Labute approximate surface area is 82.7 Å². The van der Waals surface area contributed by atoms with Gasteiger partial charge in [0.1, 0.15) is 23.9 Å². The summed E-state index contributed by atoms with van der Waals surface area (Å²) in [7, 11) is 0. The molecule has 1 spiro atoms. The number of hydrogen-bond acceptors (Lipinski definition) is 3. The van der Waals surface area contributed by atoms with Gasteiger partial charge in [0.25, 0.3) is 0 Å². The second-order valence-electron chi connectivity index (χ2n) is 4.88. The third-order valence-corrected chi connectivity index (χ3v) is 4.14. The van der Waals surface area contributed by atoms with Gasteiger partial charge in [0.2, 0.25) is 0 Å². The van der Waals surface area contributed by atoms with E-state index in [1.165, 1.54) is 24.0 Å². The van der Waals surface area contributed by atoms with Gasteiger partial charge >= 0.3 is 0 Å². The van der Waals surface area contributed by atoms with E-state index in [1.54, 1.807) is 0 Å². The first-order valence-electron chi connectivity index (χ1n) is 5.52. The fraction of sp³-hybridized carbons (Fsp3) is 0.818. The van der Waals surface area contributed by atoms with Crippen LogP contribution in [-0.4, -0.2) is 35.6 Å². The first-order chi connectivity index (χ1) is 6.83. The monoisotopic (exact) mass is 194 g/mol. The number of fused-ring (bicyclic) bond motifs is 3. The Morgan fingerprint density at radius 3 is 2.64 bits per heavy atom. The van der Waals surface area contributed by atoms with Crippen LogP contribution in [0.2, 0.25) is 0 Å². The van der Waals surface area contributed by atoms with Crippen molar-refractivity contribution >= 4 is 0 Å². The largest absolute Gasteiger partial charge is 0.386 e. The maximum atomic E-state index is 10.2. The van der Waals surface area contributed by atoms with Crippen LogP contribution in [0, 0.1) is 0 Å². The van der Waals surface area contributed by atoms with Crippen LogP contribution < -0.4 is 0 Å². The molecule has 0 aromatic carbocycles. The zero-order valence-corrected chi connectivity index (χ0v) is 8.03. The van der Waals surface area contributed by atoms with E-state index in [-0.39, 0.29) is 17.8 Å². The lowest BCUT2D eigenvalue weighted by atomic mass is 9.75. The average Bonchev–Trinajstić information content (AvgIpc) is 3.08. The zero-order valence-electron chi connectivity index (χ0n) is 8.03. The van der Waals surface area contributed by atoms with Crippen LogP contribution in [0.15, 0.2) is 11.1 Å². The van der Waals surface area contributed by atoms with E-state index in [0.717, 1.165) is 12.8 Å². The summed E-state index contributed by atoms with van der Waals surface area (Å²) in [4.78, 5) is 0. The van der Waals surface area contributed by atoms with Gasteiger partial charge in [-0.25, -0.2) is 0 Å². The summed E-state index contributed by atoms with van der Waals surface area (Å²) in [5.41, 5.74) is 2.32. The van der Waals surface area contributed by atoms with E-state index in [0.29, 0.717) is 12.7 Å². The first-order valence-corrected chi connectivity index (χ1v) is 5.52. The fourth-order valence-electron chi connectivity index (χ4n) is 3.19. The Morgan fingerprint density at radius 1 is 1.21 bits per heavy atom. The molecule has 4 rings (SSSR count). The quantitative estimate of drug-likeness (QED) is 0.457. The SMILES string of the molecule is OC1C2=C(CCCC2)C2OC2C12CO2. The summed E-state index contributed by atoms with van der Waals surface area (Å²) in [6.07, 6.45) is 4.75. The molecule has 3 heteroatoms. The molecule has 3 nitrogen and oxygen atoms in total. The summed E-state index contributed by atoms with van der Waals surface area (Å²) < 4.78 is 11.1. The van der Waals surface area contributed by atoms with E-state index in [1.807, 2.05) is 0 Å². The molecule has 0 aromatic rings. The van der Waals surface area contributed by atoms with Gasteiger partial charge in [-0.3, -0.25) is 0 Å². The smallest absolute Gasteiger partial charge is 0.150 e. The molecule has 4 atom stereocenters. The summed E-state index contributed by atoms with van der Waals surface area (Å²) in [5.74, 6) is 0. The Bertz CT molecular complexity index is 329. The van der Waals surface area contributed by atoms with Crippen LogP contribution in [0.3, 0.4) is 0 Å². The molecule has 14 heavy (non-hydrogen) atoms. The highest BCUT2D eigenvalue weighted by atomic mass is 16.7. The summed E-state index contributed by atoms with van der Waals surface area (Å²) in [5, 5.41) is 10.2. The van der Waals surface area contributed by atoms with E-state index in [2.05, 4.69) is 0 Å². The van der Waals surface area contributed by atoms with Crippen molar-refractivity contribution in [3.63, 3.8) is 0 Å².